The van der Waals surface area contributed by atoms with Gasteiger partial charge in [-0.05, 0) is 105 Å². The van der Waals surface area contributed by atoms with E-state index in [2.05, 4.69) is 85.0 Å². The minimum atomic E-state index is -0.689. The van der Waals surface area contributed by atoms with Crippen molar-refractivity contribution in [3.05, 3.63) is 96.1 Å². The first-order valence-electron chi connectivity index (χ1n) is 19.0. The maximum absolute atomic E-state index is 12.5. The molecule has 0 unspecified atom stereocenters. The van der Waals surface area contributed by atoms with E-state index in [1.165, 1.54) is 62.5 Å². The molecule has 0 aliphatic heterocycles. The van der Waals surface area contributed by atoms with Gasteiger partial charge in [-0.15, -0.1) is 0 Å². The van der Waals surface area contributed by atoms with Crippen LogP contribution in [0.5, 0.6) is 0 Å². The second kappa shape index (κ2) is 18.2. The minimum absolute atomic E-state index is 0.0160. The number of carboxylic acid groups (broad SMARTS) is 1. The Hall–Kier alpha value is -2.69. The van der Waals surface area contributed by atoms with Crippen LogP contribution in [0, 0.1) is 35.5 Å². The summed E-state index contributed by atoms with van der Waals surface area (Å²) in [5, 5.41) is 21.2. The Morgan fingerprint density at radius 3 is 2.23 bits per heavy atom. The first-order valence-corrected chi connectivity index (χ1v) is 19.0. The summed E-state index contributed by atoms with van der Waals surface area (Å²) in [6, 6.07) is 21.7. The molecule has 0 bridgehead atoms. The molecule has 5 rings (SSSR count). The summed E-state index contributed by atoms with van der Waals surface area (Å²) in [6.07, 6.45) is 27.3. The van der Waals surface area contributed by atoms with E-state index in [1.807, 2.05) is 0 Å². The molecular weight excluding hydrogens is 578 g/mol. The molecule has 2 saturated carbocycles. The molecule has 2 aromatic rings. The summed E-state index contributed by atoms with van der Waals surface area (Å²) in [4.78, 5) is 12.5. The van der Waals surface area contributed by atoms with Gasteiger partial charge in [-0.25, -0.2) is 0 Å². The Morgan fingerprint density at radius 1 is 0.872 bits per heavy atom. The normalized spacial score (nSPS) is 26.3. The molecule has 0 saturated heterocycles. The number of aryl methyl sites for hydroxylation is 1. The van der Waals surface area contributed by atoms with Crippen LogP contribution in [-0.2, 0) is 16.6 Å². The van der Waals surface area contributed by atoms with Crippen molar-refractivity contribution in [1.82, 2.24) is 0 Å². The molecule has 256 valence electrons. The predicted octanol–water partition coefficient (Wildman–Crippen LogP) is 9.66. The second-order valence-electron chi connectivity index (χ2n) is 15.3. The van der Waals surface area contributed by atoms with E-state index >= 15 is 0 Å². The molecule has 0 heterocycles. The smallest absolute Gasteiger partial charge is 0.303 e. The van der Waals surface area contributed by atoms with E-state index in [0.717, 1.165) is 51.4 Å². The Kier molecular flexibility index (Phi) is 13.8. The summed E-state index contributed by atoms with van der Waals surface area (Å²) >= 11 is 0. The Bertz CT molecular complexity index is 1240. The van der Waals surface area contributed by atoms with Crippen molar-refractivity contribution in [2.45, 2.75) is 121 Å². The SMILES string of the molecule is NCC[C@H]1[C@H](CC(=O)O)[C@H](C2(c3ccccc3)CCCCC2)C=C[C@@H]1C[C@@H](CC=C[C@H](O)CC1CCCCC1)CCc1ccccc1. The highest BCUT2D eigenvalue weighted by molar-refractivity contribution is 5.67. The second-order valence-corrected chi connectivity index (χ2v) is 15.3. The van der Waals surface area contributed by atoms with Gasteiger partial charge < -0.3 is 15.9 Å². The zero-order valence-electron chi connectivity index (χ0n) is 28.7. The molecule has 0 amide bonds. The summed E-state index contributed by atoms with van der Waals surface area (Å²) in [5.74, 6) is 1.22. The van der Waals surface area contributed by atoms with E-state index in [9.17, 15) is 15.0 Å². The molecule has 0 radical (unpaired) electrons. The largest absolute Gasteiger partial charge is 0.481 e. The topological polar surface area (TPSA) is 83.6 Å². The minimum Gasteiger partial charge on any atom is -0.481 e. The number of aliphatic carboxylic acids is 1. The summed E-state index contributed by atoms with van der Waals surface area (Å²) in [7, 11) is 0. The molecule has 3 aliphatic carbocycles. The molecule has 0 aromatic heterocycles. The number of benzene rings is 2. The van der Waals surface area contributed by atoms with Crippen LogP contribution in [0.4, 0.5) is 0 Å². The molecule has 4 nitrogen and oxygen atoms in total. The highest BCUT2D eigenvalue weighted by atomic mass is 16.4. The van der Waals surface area contributed by atoms with Crippen molar-refractivity contribution in [2.75, 3.05) is 6.54 Å². The van der Waals surface area contributed by atoms with Crippen molar-refractivity contribution in [3.8, 4) is 0 Å². The summed E-state index contributed by atoms with van der Waals surface area (Å²) < 4.78 is 0. The van der Waals surface area contributed by atoms with Gasteiger partial charge in [-0.1, -0.05) is 136 Å². The van der Waals surface area contributed by atoms with Gasteiger partial charge in [-0.2, -0.15) is 0 Å². The maximum atomic E-state index is 12.5. The Morgan fingerprint density at radius 2 is 1.55 bits per heavy atom. The van der Waals surface area contributed by atoms with Gasteiger partial charge in [0.15, 0.2) is 0 Å². The van der Waals surface area contributed by atoms with Crippen molar-refractivity contribution < 1.29 is 15.0 Å². The number of carboxylic acids is 1. The van der Waals surface area contributed by atoms with E-state index in [-0.39, 0.29) is 35.7 Å². The highest BCUT2D eigenvalue weighted by Gasteiger charge is 2.48. The fraction of sp³-hybridized carbons (Fsp3) is 0.605. The molecule has 47 heavy (non-hydrogen) atoms. The van der Waals surface area contributed by atoms with Crippen LogP contribution >= 0.6 is 0 Å². The fourth-order valence-electron chi connectivity index (χ4n) is 9.85. The lowest BCUT2D eigenvalue weighted by Gasteiger charge is -2.51. The van der Waals surface area contributed by atoms with Crippen molar-refractivity contribution >= 4 is 5.97 Å². The molecular formula is C43H61NO3. The van der Waals surface area contributed by atoms with Gasteiger partial charge in [-0.3, -0.25) is 4.79 Å². The Balaban J connectivity index is 1.38. The van der Waals surface area contributed by atoms with Crippen molar-refractivity contribution in [2.24, 2.45) is 41.2 Å². The van der Waals surface area contributed by atoms with Gasteiger partial charge in [0, 0.05) is 11.8 Å². The van der Waals surface area contributed by atoms with Crippen molar-refractivity contribution in [1.29, 1.82) is 0 Å². The predicted molar refractivity (Wildman–Crippen MR) is 194 cm³/mol. The third kappa shape index (κ3) is 9.92. The van der Waals surface area contributed by atoms with Gasteiger partial charge in [0.05, 0.1) is 6.10 Å². The molecule has 2 aromatic carbocycles. The molecule has 0 spiro atoms. The molecule has 6 atom stereocenters. The van der Waals surface area contributed by atoms with Crippen LogP contribution in [-0.4, -0.2) is 28.8 Å². The third-order valence-corrected chi connectivity index (χ3v) is 12.2. The fourth-order valence-corrected chi connectivity index (χ4v) is 9.85. The monoisotopic (exact) mass is 639 g/mol. The number of rotatable bonds is 16. The highest BCUT2D eigenvalue weighted by Crippen LogP contribution is 2.54. The van der Waals surface area contributed by atoms with Crippen LogP contribution in [0.3, 0.4) is 0 Å². The van der Waals surface area contributed by atoms with Gasteiger partial charge >= 0.3 is 5.97 Å². The lowest BCUT2D eigenvalue weighted by atomic mass is 9.53. The standard InChI is InChI=1S/C43H61NO3/c44-29-26-39-36(24-25-41(40(39)32-42(46)47)43(27-11-4-12-28-43)37-19-9-3-10-20-37)30-35(23-22-33-14-5-1-6-15-33)18-13-21-38(45)31-34-16-7-2-8-17-34/h1,3,5-6,9-10,13-15,19-21,24-25,34-36,38-41,45H,2,4,7-8,11-12,16-18,22-23,26-32,44H2,(H,46,47)/t35-,36+,38-,39+,40-,41+/m0/s1. The van der Waals surface area contributed by atoms with Crippen molar-refractivity contribution in [3.63, 3.8) is 0 Å². The third-order valence-electron chi connectivity index (χ3n) is 12.2. The van der Waals surface area contributed by atoms with Gasteiger partial charge in [0.25, 0.3) is 0 Å². The van der Waals surface area contributed by atoms with Crippen LogP contribution in [0.25, 0.3) is 0 Å². The first kappa shape index (κ1) is 35.6. The first-order chi connectivity index (χ1) is 23.0. The van der Waals surface area contributed by atoms with Gasteiger partial charge in [0.2, 0.25) is 0 Å². The number of aliphatic hydroxyl groups is 1. The van der Waals surface area contributed by atoms with Gasteiger partial charge in [0.1, 0.15) is 0 Å². The van der Waals surface area contributed by atoms with E-state index in [0.29, 0.717) is 24.3 Å². The van der Waals surface area contributed by atoms with Crippen LogP contribution in [0.1, 0.15) is 114 Å². The quantitative estimate of drug-likeness (QED) is 0.160. The lowest BCUT2D eigenvalue weighted by Crippen LogP contribution is -2.46. The van der Waals surface area contributed by atoms with Crippen LogP contribution < -0.4 is 5.73 Å². The zero-order chi connectivity index (χ0) is 32.9. The number of carbonyl (C=O) groups is 1. The average Bonchev–Trinajstić information content (AvgIpc) is 3.10. The van der Waals surface area contributed by atoms with E-state index < -0.39 is 5.97 Å². The molecule has 4 heteroatoms. The Labute approximate surface area is 284 Å². The molecule has 4 N–H and O–H groups in total. The number of nitrogens with two attached hydrogens (primary N) is 1. The van der Waals surface area contributed by atoms with E-state index in [4.69, 9.17) is 5.73 Å². The lowest BCUT2D eigenvalue weighted by molar-refractivity contribution is -0.139. The zero-order valence-corrected chi connectivity index (χ0v) is 28.7. The number of hydrogen-bond donors (Lipinski definition) is 3. The average molecular weight is 640 g/mol. The number of allylic oxidation sites excluding steroid dienone is 3. The summed E-state index contributed by atoms with van der Waals surface area (Å²) in [6.45, 7) is 0.581. The van der Waals surface area contributed by atoms with E-state index in [1.54, 1.807) is 0 Å². The molecule has 3 aliphatic rings. The summed E-state index contributed by atoms with van der Waals surface area (Å²) in [5.41, 5.74) is 9.06. The van der Waals surface area contributed by atoms with Crippen LogP contribution in [0.2, 0.25) is 0 Å². The number of aliphatic hydroxyl groups excluding tert-OH is 1. The van der Waals surface area contributed by atoms with Crippen LogP contribution in [0.15, 0.2) is 85.0 Å². The molecule has 2 fully saturated rings. The maximum Gasteiger partial charge on any atom is 0.303 e. The number of hydrogen-bond acceptors (Lipinski definition) is 3.